The normalized spacial score (nSPS) is 10.0. The molecule has 0 aliphatic heterocycles. The quantitative estimate of drug-likeness (QED) is 0.359. The maximum absolute atomic E-state index is 12.2. The summed E-state index contributed by atoms with van der Waals surface area (Å²) < 4.78 is 15.5. The van der Waals surface area contributed by atoms with Crippen molar-refractivity contribution >= 4 is 23.3 Å². The van der Waals surface area contributed by atoms with Crippen molar-refractivity contribution in [1.82, 2.24) is 0 Å². The highest BCUT2D eigenvalue weighted by atomic mass is 35.5. The van der Waals surface area contributed by atoms with Crippen LogP contribution in [0, 0.1) is 10.1 Å². The summed E-state index contributed by atoms with van der Waals surface area (Å²) in [6.07, 6.45) is 0. The third-order valence-electron chi connectivity index (χ3n) is 2.96. The zero-order valence-electron chi connectivity index (χ0n) is 12.2. The van der Waals surface area contributed by atoms with Gasteiger partial charge < -0.3 is 14.2 Å². The standard InChI is InChI=1S/C15H12ClNO6/c1-21-12-4-3-5-13(22-2)14(12)23-15(18)9-6-7-10(16)11(8-9)17(19)20/h3-8H,1-2H3. The van der Waals surface area contributed by atoms with Crippen molar-refractivity contribution in [2.45, 2.75) is 0 Å². The Balaban J connectivity index is 2.37. The lowest BCUT2D eigenvalue weighted by Gasteiger charge is -2.12. The Morgan fingerprint density at radius 2 is 1.74 bits per heavy atom. The van der Waals surface area contributed by atoms with Gasteiger partial charge in [-0.05, 0) is 24.3 Å². The highest BCUT2D eigenvalue weighted by Crippen LogP contribution is 2.37. The molecule has 0 bridgehead atoms. The molecule has 7 nitrogen and oxygen atoms in total. The number of methoxy groups -OCH3 is 2. The van der Waals surface area contributed by atoms with E-state index in [9.17, 15) is 14.9 Å². The first-order valence-corrected chi connectivity index (χ1v) is 6.72. The maximum atomic E-state index is 12.2. The average molecular weight is 338 g/mol. The molecule has 0 amide bonds. The van der Waals surface area contributed by atoms with E-state index in [4.69, 9.17) is 25.8 Å². The number of carbonyl (C=O) groups is 1. The molecular formula is C15H12ClNO6. The second kappa shape index (κ2) is 6.97. The molecule has 120 valence electrons. The van der Waals surface area contributed by atoms with E-state index in [-0.39, 0.29) is 22.0 Å². The van der Waals surface area contributed by atoms with Crippen molar-refractivity contribution in [3.8, 4) is 17.2 Å². The van der Waals surface area contributed by atoms with Gasteiger partial charge >= 0.3 is 5.97 Å². The van der Waals surface area contributed by atoms with Crippen LogP contribution in [0.1, 0.15) is 10.4 Å². The Labute approximate surface area is 136 Å². The predicted octanol–water partition coefficient (Wildman–Crippen LogP) is 3.48. The maximum Gasteiger partial charge on any atom is 0.344 e. The van der Waals surface area contributed by atoms with Gasteiger partial charge in [-0.15, -0.1) is 0 Å². The molecule has 0 saturated carbocycles. The second-order valence-electron chi connectivity index (χ2n) is 4.30. The van der Waals surface area contributed by atoms with E-state index in [1.807, 2.05) is 0 Å². The number of halogens is 1. The Morgan fingerprint density at radius 3 is 2.26 bits per heavy atom. The molecule has 0 aliphatic rings. The van der Waals surface area contributed by atoms with Crippen LogP contribution in [-0.4, -0.2) is 25.1 Å². The minimum atomic E-state index is -0.799. The van der Waals surface area contributed by atoms with E-state index >= 15 is 0 Å². The molecule has 2 aromatic rings. The second-order valence-corrected chi connectivity index (χ2v) is 4.71. The van der Waals surface area contributed by atoms with E-state index in [1.165, 1.54) is 26.4 Å². The van der Waals surface area contributed by atoms with Crippen LogP contribution in [0.3, 0.4) is 0 Å². The number of nitro benzene ring substituents is 1. The van der Waals surface area contributed by atoms with Crippen molar-refractivity contribution in [1.29, 1.82) is 0 Å². The topological polar surface area (TPSA) is 87.9 Å². The van der Waals surface area contributed by atoms with Crippen molar-refractivity contribution in [3.63, 3.8) is 0 Å². The third-order valence-corrected chi connectivity index (χ3v) is 3.28. The highest BCUT2D eigenvalue weighted by molar-refractivity contribution is 6.32. The van der Waals surface area contributed by atoms with Crippen LogP contribution >= 0.6 is 11.6 Å². The summed E-state index contributed by atoms with van der Waals surface area (Å²) in [6.45, 7) is 0. The summed E-state index contributed by atoms with van der Waals surface area (Å²) in [5.41, 5.74) is -0.401. The molecule has 0 heterocycles. The van der Waals surface area contributed by atoms with Gasteiger partial charge in [0.2, 0.25) is 5.75 Å². The van der Waals surface area contributed by atoms with Gasteiger partial charge in [0.15, 0.2) is 11.5 Å². The molecule has 2 aromatic carbocycles. The predicted molar refractivity (Wildman–Crippen MR) is 82.6 cm³/mol. The summed E-state index contributed by atoms with van der Waals surface area (Å²) in [6, 6.07) is 8.49. The summed E-state index contributed by atoms with van der Waals surface area (Å²) in [5.74, 6) is -0.130. The smallest absolute Gasteiger partial charge is 0.344 e. The van der Waals surface area contributed by atoms with Gasteiger partial charge in [0.1, 0.15) is 5.02 Å². The zero-order valence-corrected chi connectivity index (χ0v) is 13.0. The molecule has 23 heavy (non-hydrogen) atoms. The summed E-state index contributed by atoms with van der Waals surface area (Å²) in [5, 5.41) is 10.8. The Bertz CT molecular complexity index is 739. The third kappa shape index (κ3) is 3.51. The van der Waals surface area contributed by atoms with E-state index < -0.39 is 10.9 Å². The van der Waals surface area contributed by atoms with E-state index in [0.717, 1.165) is 6.07 Å². The lowest BCUT2D eigenvalue weighted by atomic mass is 10.2. The van der Waals surface area contributed by atoms with E-state index in [0.29, 0.717) is 11.5 Å². The molecule has 0 fully saturated rings. The molecule has 0 aromatic heterocycles. The lowest BCUT2D eigenvalue weighted by Crippen LogP contribution is -2.10. The van der Waals surface area contributed by atoms with Crippen LogP contribution in [0.4, 0.5) is 5.69 Å². The molecule has 0 N–H and O–H groups in total. The van der Waals surface area contributed by atoms with Gasteiger partial charge in [0.25, 0.3) is 5.69 Å². The van der Waals surface area contributed by atoms with Crippen LogP contribution in [0.2, 0.25) is 5.02 Å². The zero-order chi connectivity index (χ0) is 17.0. The number of nitro groups is 1. The number of ether oxygens (including phenoxy) is 3. The van der Waals surface area contributed by atoms with Crippen molar-refractivity contribution in [3.05, 3.63) is 57.1 Å². The summed E-state index contributed by atoms with van der Waals surface area (Å²) in [4.78, 5) is 22.4. The SMILES string of the molecule is COc1cccc(OC)c1OC(=O)c1ccc(Cl)c([N+](=O)[O-])c1. The van der Waals surface area contributed by atoms with Gasteiger partial charge in [-0.2, -0.15) is 0 Å². The fourth-order valence-corrected chi connectivity index (χ4v) is 2.04. The van der Waals surface area contributed by atoms with Crippen LogP contribution in [0.25, 0.3) is 0 Å². The van der Waals surface area contributed by atoms with Crippen molar-refractivity contribution in [2.24, 2.45) is 0 Å². The van der Waals surface area contributed by atoms with Gasteiger partial charge in [-0.3, -0.25) is 10.1 Å². The number of hydrogen-bond donors (Lipinski definition) is 0. The fraction of sp³-hybridized carbons (Fsp3) is 0.133. The minimum absolute atomic E-state index is 0.0194. The molecule has 8 heteroatoms. The molecule has 0 spiro atoms. The van der Waals surface area contributed by atoms with Crippen molar-refractivity contribution < 1.29 is 23.9 Å². The van der Waals surface area contributed by atoms with Gasteiger partial charge in [-0.25, -0.2) is 4.79 Å². The molecule has 0 aliphatic carbocycles. The number of para-hydroxylation sites is 1. The molecular weight excluding hydrogens is 326 g/mol. The van der Waals surface area contributed by atoms with Crippen LogP contribution < -0.4 is 14.2 Å². The number of nitrogens with zero attached hydrogens (tertiary/aromatic N) is 1. The Hall–Kier alpha value is -2.80. The fourth-order valence-electron chi connectivity index (χ4n) is 1.85. The molecule has 2 rings (SSSR count). The average Bonchev–Trinajstić information content (AvgIpc) is 2.55. The monoisotopic (exact) mass is 337 g/mol. The summed E-state index contributed by atoms with van der Waals surface area (Å²) in [7, 11) is 2.83. The van der Waals surface area contributed by atoms with Crippen molar-refractivity contribution in [2.75, 3.05) is 14.2 Å². The first kappa shape index (κ1) is 16.6. The first-order valence-electron chi connectivity index (χ1n) is 6.35. The molecule has 0 saturated heterocycles. The van der Waals surface area contributed by atoms with Crippen LogP contribution in [0.5, 0.6) is 17.2 Å². The molecule has 0 atom stereocenters. The number of benzene rings is 2. The lowest BCUT2D eigenvalue weighted by molar-refractivity contribution is -0.384. The molecule has 0 radical (unpaired) electrons. The first-order chi connectivity index (χ1) is 11.0. The van der Waals surface area contributed by atoms with E-state index in [2.05, 4.69) is 0 Å². The minimum Gasteiger partial charge on any atom is -0.493 e. The summed E-state index contributed by atoms with van der Waals surface area (Å²) >= 11 is 5.72. The van der Waals surface area contributed by atoms with Crippen LogP contribution in [-0.2, 0) is 0 Å². The van der Waals surface area contributed by atoms with E-state index in [1.54, 1.807) is 18.2 Å². The Morgan fingerprint density at radius 1 is 1.13 bits per heavy atom. The largest absolute Gasteiger partial charge is 0.493 e. The highest BCUT2D eigenvalue weighted by Gasteiger charge is 2.20. The Kier molecular flexibility index (Phi) is 5.02. The van der Waals surface area contributed by atoms with Gasteiger partial charge in [0, 0.05) is 6.07 Å². The van der Waals surface area contributed by atoms with Gasteiger partial charge in [-0.1, -0.05) is 17.7 Å². The number of carbonyl (C=O) groups excluding carboxylic acids is 1. The number of rotatable bonds is 5. The van der Waals surface area contributed by atoms with Gasteiger partial charge in [0.05, 0.1) is 24.7 Å². The molecule has 0 unspecified atom stereocenters. The number of hydrogen-bond acceptors (Lipinski definition) is 6. The number of esters is 1. The van der Waals surface area contributed by atoms with Crippen LogP contribution in [0.15, 0.2) is 36.4 Å².